The molecule has 1 aromatic carbocycles. The number of ether oxygens (including phenoxy) is 1. The SMILES string of the molecule is [2H]C([2H])([2H])NC(=O)c1cnc(NC(=O)C2CC2)cc1Nc1cccc(-c2ccn(CCCN)n2)c1OC. The second-order valence-electron chi connectivity index (χ2n) is 7.95. The van der Waals surface area contributed by atoms with E-state index in [4.69, 9.17) is 14.6 Å². The minimum atomic E-state index is -2.69. The van der Waals surface area contributed by atoms with Gasteiger partial charge in [0.15, 0.2) is 5.75 Å². The van der Waals surface area contributed by atoms with Crippen LogP contribution in [-0.4, -0.2) is 47.2 Å². The largest absolute Gasteiger partial charge is 0.494 e. The van der Waals surface area contributed by atoms with Gasteiger partial charge in [0.2, 0.25) is 5.91 Å². The minimum Gasteiger partial charge on any atom is -0.494 e. The minimum absolute atomic E-state index is 0.0148. The lowest BCUT2D eigenvalue weighted by molar-refractivity contribution is -0.117. The second-order valence-corrected chi connectivity index (χ2v) is 7.95. The fourth-order valence-corrected chi connectivity index (χ4v) is 3.53. The van der Waals surface area contributed by atoms with Crippen molar-refractivity contribution in [1.82, 2.24) is 20.1 Å². The number of hydrogen-bond donors (Lipinski definition) is 4. The third kappa shape index (κ3) is 5.18. The molecule has 0 radical (unpaired) electrons. The molecule has 0 aliphatic heterocycles. The van der Waals surface area contributed by atoms with Crippen LogP contribution in [0.25, 0.3) is 11.3 Å². The zero-order valence-corrected chi connectivity index (χ0v) is 18.8. The predicted molar refractivity (Wildman–Crippen MR) is 130 cm³/mol. The molecule has 0 atom stereocenters. The summed E-state index contributed by atoms with van der Waals surface area (Å²) < 4.78 is 29.7. The number of rotatable bonds is 10. The summed E-state index contributed by atoms with van der Waals surface area (Å²) in [5.74, 6) is -0.335. The van der Waals surface area contributed by atoms with Crippen molar-refractivity contribution in [3.05, 3.63) is 48.3 Å². The third-order valence-electron chi connectivity index (χ3n) is 5.46. The highest BCUT2D eigenvalue weighted by Gasteiger charge is 2.30. The molecule has 5 N–H and O–H groups in total. The molecule has 10 heteroatoms. The number of methoxy groups -OCH3 is 1. The Hall–Kier alpha value is -3.92. The van der Waals surface area contributed by atoms with Crippen LogP contribution in [0.15, 0.2) is 42.7 Å². The molecule has 0 spiro atoms. The molecule has 2 heterocycles. The van der Waals surface area contributed by atoms with Crippen molar-refractivity contribution in [2.24, 2.45) is 11.7 Å². The highest BCUT2D eigenvalue weighted by Crippen LogP contribution is 2.38. The van der Waals surface area contributed by atoms with Gasteiger partial charge in [0.25, 0.3) is 5.91 Å². The number of carbonyl (C=O) groups excluding carboxylic acids is 2. The first-order valence-electron chi connectivity index (χ1n) is 12.5. The highest BCUT2D eigenvalue weighted by molar-refractivity contribution is 6.01. The van der Waals surface area contributed by atoms with Gasteiger partial charge in [0, 0.05) is 47.6 Å². The third-order valence-corrected chi connectivity index (χ3v) is 5.46. The van der Waals surface area contributed by atoms with Crippen LogP contribution in [0, 0.1) is 5.92 Å². The molecule has 1 fully saturated rings. The monoisotopic (exact) mass is 466 g/mol. The van der Waals surface area contributed by atoms with Crippen molar-refractivity contribution in [3.8, 4) is 17.0 Å². The Morgan fingerprint density at radius 2 is 2.15 bits per heavy atom. The van der Waals surface area contributed by atoms with Gasteiger partial charge in [0.1, 0.15) is 5.82 Å². The van der Waals surface area contributed by atoms with E-state index in [2.05, 4.69) is 20.7 Å². The van der Waals surface area contributed by atoms with Crippen molar-refractivity contribution >= 4 is 29.0 Å². The maximum atomic E-state index is 12.8. The zero-order valence-electron chi connectivity index (χ0n) is 21.8. The molecule has 0 unspecified atom stereocenters. The smallest absolute Gasteiger partial charge is 0.254 e. The van der Waals surface area contributed by atoms with E-state index in [0.29, 0.717) is 35.8 Å². The summed E-state index contributed by atoms with van der Waals surface area (Å²) in [5.41, 5.74) is 7.73. The van der Waals surface area contributed by atoms with E-state index in [1.54, 1.807) is 16.8 Å². The normalized spacial score (nSPS) is 14.5. The van der Waals surface area contributed by atoms with Crippen LogP contribution in [-0.2, 0) is 11.3 Å². The molecular formula is C24H29N7O3. The lowest BCUT2D eigenvalue weighted by Gasteiger charge is -2.17. The number of aromatic nitrogens is 3. The Morgan fingerprint density at radius 1 is 1.29 bits per heavy atom. The fourth-order valence-electron chi connectivity index (χ4n) is 3.53. The number of pyridine rings is 1. The van der Waals surface area contributed by atoms with Gasteiger partial charge in [-0.1, -0.05) is 6.07 Å². The Kier molecular flexibility index (Phi) is 5.95. The Labute approximate surface area is 202 Å². The molecule has 3 aromatic rings. The first kappa shape index (κ1) is 19.5. The quantitative estimate of drug-likeness (QED) is 0.361. The lowest BCUT2D eigenvalue weighted by Crippen LogP contribution is -2.20. The van der Waals surface area contributed by atoms with Gasteiger partial charge in [-0.25, -0.2) is 4.98 Å². The van der Waals surface area contributed by atoms with Crippen molar-refractivity contribution in [2.45, 2.75) is 25.8 Å². The van der Waals surface area contributed by atoms with Gasteiger partial charge in [-0.15, -0.1) is 0 Å². The van der Waals surface area contributed by atoms with E-state index >= 15 is 0 Å². The number of anilines is 3. The Balaban J connectivity index is 1.69. The second kappa shape index (κ2) is 10.3. The Morgan fingerprint density at radius 3 is 2.88 bits per heavy atom. The van der Waals surface area contributed by atoms with Gasteiger partial charge in [-0.05, 0) is 44.0 Å². The maximum absolute atomic E-state index is 12.8. The van der Waals surface area contributed by atoms with Crippen LogP contribution in [0.3, 0.4) is 0 Å². The molecular weight excluding hydrogens is 434 g/mol. The highest BCUT2D eigenvalue weighted by atomic mass is 16.5. The molecule has 2 amide bonds. The molecule has 34 heavy (non-hydrogen) atoms. The van der Waals surface area contributed by atoms with Gasteiger partial charge < -0.3 is 26.4 Å². The number of nitrogens with one attached hydrogen (secondary N) is 3. The first-order chi connectivity index (χ1) is 17.7. The molecule has 0 saturated heterocycles. The maximum Gasteiger partial charge on any atom is 0.254 e. The van der Waals surface area contributed by atoms with Crippen molar-refractivity contribution in [2.75, 3.05) is 31.3 Å². The van der Waals surface area contributed by atoms with E-state index in [0.717, 1.165) is 19.3 Å². The lowest BCUT2D eigenvalue weighted by atomic mass is 10.1. The summed E-state index contributed by atoms with van der Waals surface area (Å²) in [6.45, 7) is -1.44. The number of nitrogens with two attached hydrogens (primary N) is 1. The van der Waals surface area contributed by atoms with Gasteiger partial charge >= 0.3 is 0 Å². The van der Waals surface area contributed by atoms with Crippen molar-refractivity contribution in [1.29, 1.82) is 0 Å². The molecule has 178 valence electrons. The van der Waals surface area contributed by atoms with E-state index in [1.165, 1.54) is 19.4 Å². The number of nitrogens with zero attached hydrogens (tertiary/aromatic N) is 3. The van der Waals surface area contributed by atoms with Crippen LogP contribution in [0.5, 0.6) is 5.75 Å². The van der Waals surface area contributed by atoms with Crippen LogP contribution < -0.4 is 26.4 Å². The van der Waals surface area contributed by atoms with Crippen LogP contribution in [0.1, 0.15) is 33.7 Å². The number of para-hydroxylation sites is 1. The summed E-state index contributed by atoms with van der Waals surface area (Å²) in [6, 6.07) is 8.77. The number of hydrogen-bond acceptors (Lipinski definition) is 7. The molecule has 4 rings (SSSR count). The average molecular weight is 467 g/mol. The van der Waals surface area contributed by atoms with Gasteiger partial charge in [0.05, 0.1) is 29.7 Å². The summed E-state index contributed by atoms with van der Waals surface area (Å²) in [5, 5.41) is 12.5. The van der Waals surface area contributed by atoms with Gasteiger partial charge in [-0.3, -0.25) is 14.3 Å². The number of amides is 2. The topological polar surface area (TPSA) is 136 Å². The molecule has 1 aliphatic rings. The predicted octanol–water partition coefficient (Wildman–Crippen LogP) is 2.75. The summed E-state index contributed by atoms with van der Waals surface area (Å²) >= 11 is 0. The number of carbonyl (C=O) groups is 2. The molecule has 10 nitrogen and oxygen atoms in total. The molecule has 1 saturated carbocycles. The van der Waals surface area contributed by atoms with E-state index < -0.39 is 12.9 Å². The number of benzene rings is 1. The van der Waals surface area contributed by atoms with Crippen LogP contribution in [0.2, 0.25) is 0 Å². The van der Waals surface area contributed by atoms with Crippen molar-refractivity contribution in [3.63, 3.8) is 0 Å². The van der Waals surface area contributed by atoms with E-state index in [-0.39, 0.29) is 28.9 Å². The summed E-state index contributed by atoms with van der Waals surface area (Å²) in [7, 11) is 1.52. The number of aryl methyl sites for hydroxylation is 1. The first-order valence-corrected chi connectivity index (χ1v) is 11.0. The van der Waals surface area contributed by atoms with E-state index in [9.17, 15) is 9.59 Å². The van der Waals surface area contributed by atoms with Crippen LogP contribution in [0.4, 0.5) is 17.2 Å². The molecule has 1 aliphatic carbocycles. The summed E-state index contributed by atoms with van der Waals surface area (Å²) in [6.07, 6.45) is 5.52. The average Bonchev–Trinajstić information content (AvgIpc) is 3.60. The van der Waals surface area contributed by atoms with E-state index in [1.807, 2.05) is 23.6 Å². The molecule has 0 bridgehead atoms. The summed E-state index contributed by atoms with van der Waals surface area (Å²) in [4.78, 5) is 29.2. The van der Waals surface area contributed by atoms with Gasteiger partial charge in [-0.2, -0.15) is 5.10 Å². The zero-order chi connectivity index (χ0) is 26.6. The van der Waals surface area contributed by atoms with Crippen LogP contribution >= 0.6 is 0 Å². The molecule has 2 aromatic heterocycles. The van der Waals surface area contributed by atoms with Crippen molar-refractivity contribution < 1.29 is 18.4 Å². The fraction of sp³-hybridized carbons (Fsp3) is 0.333. The standard InChI is InChI=1S/C24H29N7O3/c1-26-24(33)17-14-27-21(29-23(32)15-7-8-15)13-20(17)28-19-6-3-5-16(22(19)34-2)18-9-12-31(30-18)11-4-10-25/h3,5-6,9,12-15H,4,7-8,10-11,25H2,1-2H3,(H,26,33)(H2,27,28,29,32)/i1D3. The Bertz CT molecular complexity index is 1290.